The summed E-state index contributed by atoms with van der Waals surface area (Å²) in [5.74, 6) is 0.867. The van der Waals surface area contributed by atoms with E-state index in [1.165, 1.54) is 0 Å². The lowest BCUT2D eigenvalue weighted by Crippen LogP contribution is -2.69. The second-order valence-corrected chi connectivity index (χ2v) is 4.52. The minimum atomic E-state index is -0.515. The van der Waals surface area contributed by atoms with E-state index in [1.54, 1.807) is 6.92 Å². The fourth-order valence-electron chi connectivity index (χ4n) is 1.75. The van der Waals surface area contributed by atoms with Gasteiger partial charge in [-0.15, -0.1) is 0 Å². The van der Waals surface area contributed by atoms with Gasteiger partial charge in [0, 0.05) is 18.9 Å². The van der Waals surface area contributed by atoms with Crippen LogP contribution in [0.5, 0.6) is 0 Å². The zero-order valence-corrected chi connectivity index (χ0v) is 9.87. The number of Topliss-reactive ketones (excluding diaryl/α,β-unsaturated/α-hetero) is 1. The van der Waals surface area contributed by atoms with Gasteiger partial charge in [-0.05, 0) is 13.8 Å². The van der Waals surface area contributed by atoms with E-state index in [2.05, 4.69) is 10.9 Å². The van der Waals surface area contributed by atoms with Crippen molar-refractivity contribution in [3.63, 3.8) is 0 Å². The van der Waals surface area contributed by atoms with E-state index in [4.69, 9.17) is 9.26 Å². The van der Waals surface area contributed by atoms with Crippen LogP contribution < -0.4 is 5.73 Å². The third-order valence-electron chi connectivity index (χ3n) is 3.32. The third kappa shape index (κ3) is 1.76. The van der Waals surface area contributed by atoms with Gasteiger partial charge >= 0.3 is 0 Å². The molecule has 5 nitrogen and oxygen atoms in total. The highest BCUT2D eigenvalue weighted by molar-refractivity contribution is 5.88. The summed E-state index contributed by atoms with van der Waals surface area (Å²) in [6.45, 7) is 5.74. The predicted molar refractivity (Wildman–Crippen MR) is 55.5 cm³/mol. The molecule has 1 saturated carbocycles. The molecule has 1 heterocycles. The van der Waals surface area contributed by atoms with Gasteiger partial charge in [-0.25, -0.2) is 0 Å². The average molecular weight is 225 g/mol. The molecule has 1 aliphatic rings. The number of hydrogen-bond donors (Lipinski definition) is 1. The zero-order chi connectivity index (χ0) is 11.9. The van der Waals surface area contributed by atoms with E-state index in [0.717, 1.165) is 17.0 Å². The Morgan fingerprint density at radius 2 is 2.38 bits per heavy atom. The Morgan fingerprint density at radius 1 is 1.69 bits per heavy atom. The van der Waals surface area contributed by atoms with Crippen LogP contribution in [0.25, 0.3) is 0 Å². The number of nitrogens with zero attached hydrogens (tertiary/aromatic N) is 1. The molecule has 1 aromatic heterocycles. The molecule has 1 aromatic rings. The number of quaternary nitrogens is 1. The van der Waals surface area contributed by atoms with Crippen LogP contribution in [-0.4, -0.2) is 22.6 Å². The van der Waals surface area contributed by atoms with Crippen molar-refractivity contribution >= 4 is 5.78 Å². The number of carbonyl (C=O) groups excluding carboxylic acids is 1. The van der Waals surface area contributed by atoms with Gasteiger partial charge in [-0.3, -0.25) is 4.79 Å². The molecule has 0 aliphatic heterocycles. The van der Waals surface area contributed by atoms with Crippen molar-refractivity contribution in [3.05, 3.63) is 17.0 Å². The molecule has 5 heteroatoms. The van der Waals surface area contributed by atoms with Crippen LogP contribution in [0.4, 0.5) is 0 Å². The van der Waals surface area contributed by atoms with Crippen LogP contribution >= 0.6 is 0 Å². The SMILES string of the molecule is CC(=O)[C@@]1([NH3+])C[C@H]1OCc1c(C)noc1C. The Kier molecular flexibility index (Phi) is 2.59. The lowest BCUT2D eigenvalue weighted by molar-refractivity contribution is -0.427. The molecule has 3 N–H and O–H groups in total. The van der Waals surface area contributed by atoms with E-state index >= 15 is 0 Å². The van der Waals surface area contributed by atoms with E-state index in [0.29, 0.717) is 13.0 Å². The first-order valence-electron chi connectivity index (χ1n) is 5.35. The molecule has 88 valence electrons. The summed E-state index contributed by atoms with van der Waals surface area (Å²) in [7, 11) is 0. The van der Waals surface area contributed by atoms with Gasteiger partial charge in [0.05, 0.1) is 12.3 Å². The Morgan fingerprint density at radius 3 is 2.81 bits per heavy atom. The van der Waals surface area contributed by atoms with E-state index in [1.807, 2.05) is 13.8 Å². The molecule has 0 spiro atoms. The lowest BCUT2D eigenvalue weighted by atomic mass is 10.2. The van der Waals surface area contributed by atoms with Gasteiger partial charge in [0.1, 0.15) is 11.9 Å². The summed E-state index contributed by atoms with van der Waals surface area (Å²) >= 11 is 0. The number of aromatic nitrogens is 1. The Bertz CT molecular complexity index is 407. The molecule has 2 atom stereocenters. The van der Waals surface area contributed by atoms with Crippen LogP contribution in [0.1, 0.15) is 30.4 Å². The number of hydrogen-bond acceptors (Lipinski definition) is 4. The smallest absolute Gasteiger partial charge is 0.192 e. The second kappa shape index (κ2) is 3.68. The normalized spacial score (nSPS) is 28.1. The summed E-state index contributed by atoms with van der Waals surface area (Å²) in [6, 6.07) is 0. The van der Waals surface area contributed by atoms with Crippen molar-refractivity contribution in [1.29, 1.82) is 0 Å². The maximum Gasteiger partial charge on any atom is 0.192 e. The van der Waals surface area contributed by atoms with Gasteiger partial charge in [0.15, 0.2) is 11.3 Å². The summed E-state index contributed by atoms with van der Waals surface area (Å²) < 4.78 is 10.7. The highest BCUT2D eigenvalue weighted by atomic mass is 16.5. The molecule has 2 rings (SSSR count). The summed E-state index contributed by atoms with van der Waals surface area (Å²) in [5, 5.41) is 3.85. The minimum absolute atomic E-state index is 0.0568. The molecule has 0 radical (unpaired) electrons. The molecule has 0 saturated heterocycles. The zero-order valence-electron chi connectivity index (χ0n) is 9.87. The number of ether oxygens (including phenoxy) is 1. The van der Waals surface area contributed by atoms with Crippen molar-refractivity contribution in [1.82, 2.24) is 5.16 Å². The van der Waals surface area contributed by atoms with Crippen LogP contribution in [0.15, 0.2) is 4.52 Å². The van der Waals surface area contributed by atoms with Crippen LogP contribution in [0, 0.1) is 13.8 Å². The largest absolute Gasteiger partial charge is 0.366 e. The highest BCUT2D eigenvalue weighted by Gasteiger charge is 2.61. The van der Waals surface area contributed by atoms with Gasteiger partial charge in [-0.2, -0.15) is 0 Å². The lowest BCUT2D eigenvalue weighted by Gasteiger charge is -2.05. The monoisotopic (exact) mass is 225 g/mol. The first-order valence-corrected chi connectivity index (χ1v) is 5.35. The summed E-state index contributed by atoms with van der Waals surface area (Å²) in [4.78, 5) is 11.3. The van der Waals surface area contributed by atoms with Gasteiger partial charge in [-0.1, -0.05) is 5.16 Å². The number of rotatable bonds is 4. The van der Waals surface area contributed by atoms with Crippen molar-refractivity contribution < 1.29 is 19.8 Å². The molecule has 0 unspecified atom stereocenters. The molecule has 1 fully saturated rings. The van der Waals surface area contributed by atoms with Crippen molar-refractivity contribution in [3.8, 4) is 0 Å². The van der Waals surface area contributed by atoms with Gasteiger partial charge in [0.25, 0.3) is 0 Å². The Labute approximate surface area is 93.9 Å². The molecule has 0 amide bonds. The molecule has 0 bridgehead atoms. The fraction of sp³-hybridized carbons (Fsp3) is 0.636. The molecule has 0 aromatic carbocycles. The summed E-state index contributed by atoms with van der Waals surface area (Å²) in [5.41, 5.74) is 5.19. The molecular formula is C11H17N2O3+. The van der Waals surface area contributed by atoms with Crippen LogP contribution in [-0.2, 0) is 16.1 Å². The van der Waals surface area contributed by atoms with Gasteiger partial charge in [0.2, 0.25) is 0 Å². The number of aryl methyl sites for hydroxylation is 2. The first kappa shape index (κ1) is 11.3. The predicted octanol–water partition coefficient (Wildman–Crippen LogP) is 0.150. The van der Waals surface area contributed by atoms with E-state index < -0.39 is 5.54 Å². The van der Waals surface area contributed by atoms with Crippen molar-refractivity contribution in [2.75, 3.05) is 0 Å². The van der Waals surface area contributed by atoms with E-state index in [-0.39, 0.29) is 11.9 Å². The Hall–Kier alpha value is -1.20. The molecule has 1 aliphatic carbocycles. The maximum absolute atomic E-state index is 11.3. The first-order chi connectivity index (χ1) is 7.45. The number of ketones is 1. The van der Waals surface area contributed by atoms with Crippen molar-refractivity contribution in [2.24, 2.45) is 0 Å². The van der Waals surface area contributed by atoms with Gasteiger partial charge < -0.3 is 15.0 Å². The summed E-state index contributed by atoms with van der Waals surface area (Å²) in [6.07, 6.45) is 0.657. The van der Waals surface area contributed by atoms with Crippen LogP contribution in [0.3, 0.4) is 0 Å². The number of carbonyl (C=O) groups is 1. The third-order valence-corrected chi connectivity index (χ3v) is 3.32. The standard InChI is InChI=1S/C11H16N2O3/c1-6-9(7(2)16-13-6)5-15-10-4-11(10,12)8(3)14/h10H,4-5,12H2,1-3H3/p+1/t10-,11+/m1/s1. The quantitative estimate of drug-likeness (QED) is 0.791. The highest BCUT2D eigenvalue weighted by Crippen LogP contribution is 2.36. The van der Waals surface area contributed by atoms with Crippen LogP contribution in [0.2, 0.25) is 0 Å². The van der Waals surface area contributed by atoms with Crippen molar-refractivity contribution in [2.45, 2.75) is 45.4 Å². The minimum Gasteiger partial charge on any atom is -0.366 e. The Balaban J connectivity index is 1.93. The maximum atomic E-state index is 11.3. The average Bonchev–Trinajstić information content (AvgIpc) is 2.78. The molecule has 16 heavy (non-hydrogen) atoms. The fourth-order valence-corrected chi connectivity index (χ4v) is 1.75. The second-order valence-electron chi connectivity index (χ2n) is 4.52. The molecular weight excluding hydrogens is 208 g/mol. The van der Waals surface area contributed by atoms with E-state index in [9.17, 15) is 4.79 Å². The topological polar surface area (TPSA) is 80.0 Å².